The van der Waals surface area contributed by atoms with Crippen molar-refractivity contribution < 1.29 is 21.2 Å². The maximum absolute atomic E-state index is 2.48. The summed E-state index contributed by atoms with van der Waals surface area (Å²) >= 11 is 0.637. The molecule has 88 valence electrons. The van der Waals surface area contributed by atoms with E-state index in [4.69, 9.17) is 0 Å². The Bertz CT molecular complexity index is 236. The van der Waals surface area contributed by atoms with Crippen molar-refractivity contribution in [2.75, 3.05) is 4.43 Å². The van der Waals surface area contributed by atoms with Crippen LogP contribution in [0.25, 0.3) is 0 Å². The summed E-state index contributed by atoms with van der Waals surface area (Å²) in [6, 6.07) is 0. The minimum atomic E-state index is 0.637. The molecule has 1 heterocycles. The Hall–Kier alpha value is 0.730. The molecule has 1 aliphatic heterocycles. The molecule has 3 rings (SSSR count). The third-order valence-corrected chi connectivity index (χ3v) is 9.40. The zero-order valence-corrected chi connectivity index (χ0v) is 12.3. The molecule has 1 heteroatoms. The Morgan fingerprint density at radius 1 is 1.47 bits per heavy atom. The maximum atomic E-state index is 2.48. The molecule has 2 aliphatic carbocycles. The van der Waals surface area contributed by atoms with Crippen molar-refractivity contribution in [3.8, 4) is 0 Å². The molecule has 0 amide bonds. The van der Waals surface area contributed by atoms with Crippen molar-refractivity contribution in [3.63, 3.8) is 0 Å². The molecule has 0 nitrogen and oxygen atoms in total. The first-order chi connectivity index (χ1) is 7.29. The van der Waals surface area contributed by atoms with Gasteiger partial charge in [-0.25, -0.2) is 0 Å². The first-order valence-corrected chi connectivity index (χ1v) is 9.64. The average molecular weight is 319 g/mol. The van der Waals surface area contributed by atoms with Crippen LogP contribution < -0.4 is 21.2 Å². The standard InChI is InChI=1S/C14H24I/c1-3-5-10(2)8-11-9-14(11)12-6-4-7-15-13(12)14/h10-13H,3-9H2,1-2H3/q-1. The predicted molar refractivity (Wildman–Crippen MR) is 60.6 cm³/mol. The molecule has 0 aromatic rings. The molecule has 3 aliphatic rings. The van der Waals surface area contributed by atoms with Crippen molar-refractivity contribution >= 4 is 0 Å². The Labute approximate surface area is 105 Å². The Kier molecular flexibility index (Phi) is 2.81. The van der Waals surface area contributed by atoms with Gasteiger partial charge in [0.05, 0.1) is 0 Å². The Morgan fingerprint density at radius 3 is 3.00 bits per heavy atom. The van der Waals surface area contributed by atoms with Crippen LogP contribution in [0.5, 0.6) is 0 Å². The number of hydrogen-bond donors (Lipinski definition) is 0. The van der Waals surface area contributed by atoms with Crippen LogP contribution >= 0.6 is 0 Å². The van der Waals surface area contributed by atoms with Crippen LogP contribution in [0.3, 0.4) is 0 Å². The zero-order valence-electron chi connectivity index (χ0n) is 10.1. The normalized spacial score (nSPS) is 49.3. The molecule has 0 radical (unpaired) electrons. The van der Waals surface area contributed by atoms with E-state index in [1.165, 1.54) is 28.6 Å². The second-order valence-electron chi connectivity index (χ2n) is 6.14. The van der Waals surface area contributed by atoms with Crippen LogP contribution in [-0.2, 0) is 0 Å². The summed E-state index contributed by atoms with van der Waals surface area (Å²) in [4.78, 5) is 0. The number of hydrogen-bond acceptors (Lipinski definition) is 0. The third kappa shape index (κ3) is 1.68. The molecule has 5 unspecified atom stereocenters. The monoisotopic (exact) mass is 319 g/mol. The topological polar surface area (TPSA) is 0 Å². The van der Waals surface area contributed by atoms with Crippen LogP contribution in [0.15, 0.2) is 0 Å². The van der Waals surface area contributed by atoms with Crippen LogP contribution in [0.2, 0.25) is 0 Å². The third-order valence-electron chi connectivity index (χ3n) is 5.04. The summed E-state index contributed by atoms with van der Waals surface area (Å²) in [6.45, 7) is 4.82. The first kappa shape index (κ1) is 10.9. The van der Waals surface area contributed by atoms with Gasteiger partial charge in [-0.05, 0) is 0 Å². The Morgan fingerprint density at radius 2 is 2.33 bits per heavy atom. The molecule has 15 heavy (non-hydrogen) atoms. The van der Waals surface area contributed by atoms with E-state index in [9.17, 15) is 0 Å². The van der Waals surface area contributed by atoms with Crippen LogP contribution in [0.4, 0.5) is 0 Å². The van der Waals surface area contributed by atoms with Crippen LogP contribution in [0.1, 0.15) is 52.4 Å². The fourth-order valence-corrected chi connectivity index (χ4v) is 9.24. The van der Waals surface area contributed by atoms with Gasteiger partial charge in [-0.2, -0.15) is 0 Å². The quantitative estimate of drug-likeness (QED) is 0.529. The van der Waals surface area contributed by atoms with E-state index >= 15 is 0 Å². The van der Waals surface area contributed by atoms with Crippen LogP contribution in [-0.4, -0.2) is 8.35 Å². The Balaban J connectivity index is 1.52. The molecule has 5 atom stereocenters. The van der Waals surface area contributed by atoms with Gasteiger partial charge in [-0.3, -0.25) is 0 Å². The van der Waals surface area contributed by atoms with Gasteiger partial charge < -0.3 is 0 Å². The summed E-state index contributed by atoms with van der Waals surface area (Å²) in [5, 5.41) is 0. The summed E-state index contributed by atoms with van der Waals surface area (Å²) < 4.78 is 2.96. The molecule has 2 saturated carbocycles. The first-order valence-electron chi connectivity index (χ1n) is 6.86. The molecule has 1 spiro atoms. The van der Waals surface area contributed by atoms with E-state index in [1.807, 2.05) is 0 Å². The van der Waals surface area contributed by atoms with Crippen molar-refractivity contribution in [2.24, 2.45) is 23.2 Å². The van der Waals surface area contributed by atoms with Gasteiger partial charge >= 0.3 is 105 Å². The molecule has 0 aromatic carbocycles. The fourth-order valence-electron chi connectivity index (χ4n) is 4.21. The van der Waals surface area contributed by atoms with E-state index in [0.29, 0.717) is 21.2 Å². The van der Waals surface area contributed by atoms with Crippen molar-refractivity contribution in [1.29, 1.82) is 0 Å². The summed E-state index contributed by atoms with van der Waals surface area (Å²) in [7, 11) is 0. The zero-order chi connectivity index (χ0) is 10.5. The van der Waals surface area contributed by atoms with Crippen molar-refractivity contribution in [1.82, 2.24) is 0 Å². The SMILES string of the molecule is CCCC(C)CC1CC12C1CCC[I-]C12. The molecular weight excluding hydrogens is 295 g/mol. The summed E-state index contributed by atoms with van der Waals surface area (Å²) in [5.74, 6) is 3.45. The number of rotatable bonds is 4. The van der Waals surface area contributed by atoms with Gasteiger partial charge in [0.25, 0.3) is 0 Å². The van der Waals surface area contributed by atoms with E-state index in [2.05, 4.69) is 13.8 Å². The molecule has 0 aromatic heterocycles. The van der Waals surface area contributed by atoms with Crippen LogP contribution in [0, 0.1) is 23.2 Å². The summed E-state index contributed by atoms with van der Waals surface area (Å²) in [6.07, 6.45) is 9.29. The van der Waals surface area contributed by atoms with Gasteiger partial charge in [-0.15, -0.1) is 0 Å². The molecule has 1 saturated heterocycles. The van der Waals surface area contributed by atoms with Gasteiger partial charge in [0, 0.05) is 0 Å². The van der Waals surface area contributed by atoms with Gasteiger partial charge in [0.1, 0.15) is 0 Å². The van der Waals surface area contributed by atoms with Crippen molar-refractivity contribution in [3.05, 3.63) is 0 Å². The minimum absolute atomic E-state index is 0.637. The molecule has 0 N–H and O–H groups in total. The van der Waals surface area contributed by atoms with E-state index in [-0.39, 0.29) is 0 Å². The van der Waals surface area contributed by atoms with Gasteiger partial charge in [0.15, 0.2) is 0 Å². The predicted octanol–water partition coefficient (Wildman–Crippen LogP) is 0.700. The van der Waals surface area contributed by atoms with E-state index in [1.54, 1.807) is 30.1 Å². The van der Waals surface area contributed by atoms with E-state index < -0.39 is 0 Å². The average Bonchev–Trinajstić information content (AvgIpc) is 3.09. The van der Waals surface area contributed by atoms with E-state index in [0.717, 1.165) is 11.3 Å². The number of halogens is 1. The number of fused-ring (bicyclic) bond motifs is 3. The van der Waals surface area contributed by atoms with Gasteiger partial charge in [0.2, 0.25) is 0 Å². The molecular formula is C14H24I-. The second kappa shape index (κ2) is 3.89. The second-order valence-corrected chi connectivity index (χ2v) is 9.44. The van der Waals surface area contributed by atoms with Crippen molar-refractivity contribution in [2.45, 2.75) is 56.3 Å². The summed E-state index contributed by atoms with van der Waals surface area (Å²) in [5.41, 5.74) is 0.992. The van der Waals surface area contributed by atoms with Gasteiger partial charge in [-0.1, -0.05) is 0 Å². The number of alkyl halides is 2. The molecule has 3 fully saturated rings. The molecule has 0 bridgehead atoms. The fraction of sp³-hybridized carbons (Fsp3) is 1.00.